The monoisotopic (exact) mass is 496 g/mol. The molecule has 2 rings (SSSR count). The van der Waals surface area contributed by atoms with Gasteiger partial charge in [0, 0.05) is 25.7 Å². The standard InChI is InChI=1S/C22H46N2.2BrH/c1-23(19-13-14-20-23)17-11-9-7-5-3-4-6-8-10-12-18-24(2)21-15-16-22-24;;/h3-22H2,1-2H3;2*1H/q+2;;/p-2. The van der Waals surface area contributed by atoms with Crippen LogP contribution in [0, 0.1) is 0 Å². The summed E-state index contributed by atoms with van der Waals surface area (Å²) >= 11 is 0. The number of halogens is 2. The van der Waals surface area contributed by atoms with Crippen molar-refractivity contribution in [1.29, 1.82) is 0 Å². The lowest BCUT2D eigenvalue weighted by Gasteiger charge is -2.29. The van der Waals surface area contributed by atoms with Crippen LogP contribution in [0.1, 0.15) is 89.9 Å². The molecule has 2 saturated heterocycles. The Labute approximate surface area is 185 Å². The minimum Gasteiger partial charge on any atom is -1.00 e. The van der Waals surface area contributed by atoms with E-state index in [4.69, 9.17) is 0 Å². The van der Waals surface area contributed by atoms with Crippen LogP contribution in [0.15, 0.2) is 0 Å². The second-order valence-electron chi connectivity index (χ2n) is 9.53. The van der Waals surface area contributed by atoms with Crippen LogP contribution in [-0.2, 0) is 0 Å². The molecule has 0 aromatic rings. The van der Waals surface area contributed by atoms with Gasteiger partial charge in [-0.2, -0.15) is 0 Å². The van der Waals surface area contributed by atoms with Gasteiger partial charge in [-0.1, -0.05) is 38.5 Å². The van der Waals surface area contributed by atoms with Crippen molar-refractivity contribution in [2.75, 3.05) is 53.4 Å². The highest BCUT2D eigenvalue weighted by molar-refractivity contribution is 4.54. The van der Waals surface area contributed by atoms with Crippen molar-refractivity contribution in [3.05, 3.63) is 0 Å². The van der Waals surface area contributed by atoms with Gasteiger partial charge in [-0.25, -0.2) is 0 Å². The molecule has 2 fully saturated rings. The van der Waals surface area contributed by atoms with Crippen molar-refractivity contribution in [3.8, 4) is 0 Å². The predicted octanol–water partition coefficient (Wildman–Crippen LogP) is -0.624. The van der Waals surface area contributed by atoms with Gasteiger partial charge in [-0.05, 0) is 25.7 Å². The Morgan fingerprint density at radius 3 is 0.923 bits per heavy atom. The smallest absolute Gasteiger partial charge is 0.0786 e. The molecule has 0 aromatic carbocycles. The molecule has 4 heteroatoms. The lowest BCUT2D eigenvalue weighted by molar-refractivity contribution is -0.897. The number of unbranched alkanes of at least 4 members (excludes halogenated alkanes) is 9. The third kappa shape index (κ3) is 11.0. The van der Waals surface area contributed by atoms with Crippen LogP contribution >= 0.6 is 0 Å². The van der Waals surface area contributed by atoms with E-state index in [1.807, 2.05) is 0 Å². The summed E-state index contributed by atoms with van der Waals surface area (Å²) in [7, 11) is 4.94. The molecule has 2 aliphatic heterocycles. The highest BCUT2D eigenvalue weighted by Gasteiger charge is 2.26. The lowest BCUT2D eigenvalue weighted by atomic mass is 10.1. The summed E-state index contributed by atoms with van der Waals surface area (Å²) in [5.74, 6) is 0. The average molecular weight is 498 g/mol. The number of nitrogens with zero attached hydrogens (tertiary/aromatic N) is 2. The molecule has 0 unspecified atom stereocenters. The minimum atomic E-state index is 0. The Hall–Kier alpha value is 0.880. The van der Waals surface area contributed by atoms with E-state index in [9.17, 15) is 0 Å². The summed E-state index contributed by atoms with van der Waals surface area (Å²) in [6.45, 7) is 8.65. The zero-order valence-corrected chi connectivity index (χ0v) is 21.0. The quantitative estimate of drug-likeness (QED) is 0.235. The largest absolute Gasteiger partial charge is 1.00 e. The molecule has 158 valence electrons. The third-order valence-electron chi connectivity index (χ3n) is 6.94. The molecular formula is C22H46Br2N2. The summed E-state index contributed by atoms with van der Waals surface area (Å²) in [5, 5.41) is 0. The SMILES string of the molecule is C[N+]1(CCCCCCCCCCCC[N+]2(C)CCCC2)CCCC1.[Br-].[Br-]. The van der Waals surface area contributed by atoms with Gasteiger partial charge in [0.25, 0.3) is 0 Å². The van der Waals surface area contributed by atoms with E-state index in [1.54, 1.807) is 0 Å². The molecule has 0 atom stereocenters. The summed E-state index contributed by atoms with van der Waals surface area (Å²) < 4.78 is 2.75. The van der Waals surface area contributed by atoms with E-state index in [1.165, 1.54) is 138 Å². The van der Waals surface area contributed by atoms with Gasteiger partial charge >= 0.3 is 0 Å². The molecule has 0 aromatic heterocycles. The Kier molecular flexibility index (Phi) is 15.3. The van der Waals surface area contributed by atoms with Crippen LogP contribution in [0.2, 0.25) is 0 Å². The first-order valence-electron chi connectivity index (χ1n) is 11.3. The maximum absolute atomic E-state index is 2.47. The van der Waals surface area contributed by atoms with Crippen LogP contribution < -0.4 is 34.0 Å². The number of hydrogen-bond donors (Lipinski definition) is 0. The minimum absolute atomic E-state index is 0. The van der Waals surface area contributed by atoms with Crippen molar-refractivity contribution in [1.82, 2.24) is 0 Å². The van der Waals surface area contributed by atoms with Gasteiger partial charge in [0.15, 0.2) is 0 Å². The Morgan fingerprint density at radius 2 is 0.654 bits per heavy atom. The molecule has 0 N–H and O–H groups in total. The van der Waals surface area contributed by atoms with Gasteiger partial charge in [0.2, 0.25) is 0 Å². The van der Waals surface area contributed by atoms with E-state index < -0.39 is 0 Å². The third-order valence-corrected chi connectivity index (χ3v) is 6.94. The van der Waals surface area contributed by atoms with E-state index in [-0.39, 0.29) is 34.0 Å². The highest BCUT2D eigenvalue weighted by atomic mass is 79.9. The topological polar surface area (TPSA) is 0 Å². The molecule has 0 bridgehead atoms. The molecule has 0 saturated carbocycles. The van der Waals surface area contributed by atoms with Crippen LogP contribution in [0.4, 0.5) is 0 Å². The second kappa shape index (κ2) is 14.8. The van der Waals surface area contributed by atoms with Crippen molar-refractivity contribution in [2.24, 2.45) is 0 Å². The van der Waals surface area contributed by atoms with Gasteiger partial charge in [-0.15, -0.1) is 0 Å². The lowest BCUT2D eigenvalue weighted by Crippen LogP contribution is -3.00. The first-order valence-corrected chi connectivity index (χ1v) is 11.3. The maximum atomic E-state index is 2.47. The molecular weight excluding hydrogens is 452 g/mol. The number of quaternary nitrogens is 2. The average Bonchev–Trinajstić information content (AvgIpc) is 3.18. The first kappa shape index (κ1) is 26.9. The second-order valence-corrected chi connectivity index (χ2v) is 9.53. The molecule has 2 aliphatic rings. The molecule has 0 spiro atoms. The summed E-state index contributed by atoms with van der Waals surface area (Å²) in [4.78, 5) is 0. The fourth-order valence-corrected chi connectivity index (χ4v) is 5.05. The van der Waals surface area contributed by atoms with Gasteiger partial charge < -0.3 is 42.9 Å². The van der Waals surface area contributed by atoms with Crippen LogP contribution in [0.3, 0.4) is 0 Å². The Bertz CT molecular complexity index is 292. The van der Waals surface area contributed by atoms with Crippen LogP contribution in [0.5, 0.6) is 0 Å². The fraction of sp³-hybridized carbons (Fsp3) is 1.00. The summed E-state index contributed by atoms with van der Waals surface area (Å²) in [5.41, 5.74) is 0. The molecule has 0 amide bonds. The zero-order valence-electron chi connectivity index (χ0n) is 17.8. The van der Waals surface area contributed by atoms with Gasteiger partial charge in [-0.3, -0.25) is 0 Å². The van der Waals surface area contributed by atoms with Crippen molar-refractivity contribution in [3.63, 3.8) is 0 Å². The normalized spacial score (nSPS) is 20.5. The van der Waals surface area contributed by atoms with E-state index in [2.05, 4.69) is 14.1 Å². The molecule has 0 radical (unpaired) electrons. The van der Waals surface area contributed by atoms with Crippen molar-refractivity contribution in [2.45, 2.75) is 89.9 Å². The molecule has 0 aliphatic carbocycles. The molecule has 2 nitrogen and oxygen atoms in total. The number of hydrogen-bond acceptors (Lipinski definition) is 0. The summed E-state index contributed by atoms with van der Waals surface area (Å²) in [6, 6.07) is 0. The maximum Gasteiger partial charge on any atom is 0.0786 e. The van der Waals surface area contributed by atoms with Gasteiger partial charge in [0.1, 0.15) is 0 Å². The highest BCUT2D eigenvalue weighted by Crippen LogP contribution is 2.19. The summed E-state index contributed by atoms with van der Waals surface area (Å²) in [6.07, 6.45) is 20.7. The van der Waals surface area contributed by atoms with E-state index >= 15 is 0 Å². The molecule has 2 heterocycles. The Morgan fingerprint density at radius 1 is 0.423 bits per heavy atom. The fourth-order valence-electron chi connectivity index (χ4n) is 5.05. The van der Waals surface area contributed by atoms with Crippen LogP contribution in [0.25, 0.3) is 0 Å². The molecule has 26 heavy (non-hydrogen) atoms. The number of likely N-dealkylation sites (tertiary alicyclic amines) is 2. The van der Waals surface area contributed by atoms with Crippen molar-refractivity contribution >= 4 is 0 Å². The Balaban J connectivity index is 0.00000312. The van der Waals surface area contributed by atoms with Crippen molar-refractivity contribution < 1.29 is 42.9 Å². The predicted molar refractivity (Wildman–Crippen MR) is 106 cm³/mol. The van der Waals surface area contributed by atoms with E-state index in [0.717, 1.165) is 0 Å². The van der Waals surface area contributed by atoms with E-state index in [0.29, 0.717) is 0 Å². The van der Waals surface area contributed by atoms with Crippen LogP contribution in [-0.4, -0.2) is 62.3 Å². The first-order chi connectivity index (χ1) is 11.6. The van der Waals surface area contributed by atoms with Gasteiger partial charge in [0.05, 0.1) is 53.4 Å². The number of rotatable bonds is 13. The zero-order chi connectivity index (χ0) is 17.1.